The molecule has 1 aromatic carbocycles. The molecule has 4 heterocycles. The molecule has 7 rings (SSSR count). The Morgan fingerprint density at radius 2 is 1.98 bits per heavy atom. The monoisotopic (exact) mass is 663 g/mol. The number of nitrogens with zero attached hydrogens (tertiary/aromatic N) is 2. The zero-order valence-electron chi connectivity index (χ0n) is 26.3. The molecule has 0 radical (unpaired) electrons. The first-order valence-corrected chi connectivity index (χ1v) is 15.8. The number of amides is 3. The molecule has 2 aromatic heterocycles. The fourth-order valence-corrected chi connectivity index (χ4v) is 7.18. The average Bonchev–Trinajstić information content (AvgIpc) is 3.83. The van der Waals surface area contributed by atoms with Crippen molar-refractivity contribution >= 4 is 34.8 Å². The highest BCUT2D eigenvalue weighted by atomic mass is 19.1. The van der Waals surface area contributed by atoms with Crippen molar-refractivity contribution in [3.8, 4) is 11.4 Å². The molecule has 1 unspecified atom stereocenters. The third-order valence-corrected chi connectivity index (χ3v) is 9.88. The lowest BCUT2D eigenvalue weighted by molar-refractivity contribution is -0.172. The first-order chi connectivity index (χ1) is 22.9. The molecule has 1 fully saturated rings. The van der Waals surface area contributed by atoms with Gasteiger partial charge in [0.2, 0.25) is 5.91 Å². The molecular weight excluding hydrogens is 629 g/mol. The zero-order chi connectivity index (χ0) is 34.1. The highest BCUT2D eigenvalue weighted by molar-refractivity contribution is 5.94. The summed E-state index contributed by atoms with van der Waals surface area (Å²) in [5.74, 6) is -2.35. The molecular formula is C33H34FN5O9. The van der Waals surface area contributed by atoms with Gasteiger partial charge < -0.3 is 40.3 Å². The number of ether oxygens (including phenoxy) is 3. The van der Waals surface area contributed by atoms with Gasteiger partial charge in [0, 0.05) is 22.6 Å². The van der Waals surface area contributed by atoms with Gasteiger partial charge >= 0.3 is 12.1 Å². The van der Waals surface area contributed by atoms with Gasteiger partial charge in [0.1, 0.15) is 25.3 Å². The summed E-state index contributed by atoms with van der Waals surface area (Å²) in [6, 6.07) is 2.40. The van der Waals surface area contributed by atoms with E-state index in [4.69, 9.17) is 20.2 Å². The maximum absolute atomic E-state index is 15.2. The molecule has 252 valence electrons. The van der Waals surface area contributed by atoms with Crippen molar-refractivity contribution in [2.75, 3.05) is 13.3 Å². The molecule has 0 bridgehead atoms. The molecule has 2 aliphatic carbocycles. The molecule has 3 atom stereocenters. The summed E-state index contributed by atoms with van der Waals surface area (Å²) in [6.45, 7) is 2.28. The van der Waals surface area contributed by atoms with E-state index in [9.17, 15) is 29.1 Å². The number of nitrogens with two attached hydrogens (primary N) is 1. The quantitative estimate of drug-likeness (QED) is 0.151. The highest BCUT2D eigenvalue weighted by Crippen LogP contribution is 2.46. The Hall–Kier alpha value is -4.89. The van der Waals surface area contributed by atoms with E-state index < -0.39 is 59.6 Å². The van der Waals surface area contributed by atoms with Crippen LogP contribution in [0.3, 0.4) is 0 Å². The maximum Gasteiger partial charge on any atom is 0.405 e. The molecule has 48 heavy (non-hydrogen) atoms. The summed E-state index contributed by atoms with van der Waals surface area (Å²) in [5, 5.41) is 17.6. The Kier molecular flexibility index (Phi) is 7.70. The zero-order valence-corrected chi connectivity index (χ0v) is 26.3. The van der Waals surface area contributed by atoms with Gasteiger partial charge in [-0.2, -0.15) is 0 Å². The van der Waals surface area contributed by atoms with E-state index in [1.807, 2.05) is 0 Å². The molecule has 5 N–H and O–H groups in total. The summed E-state index contributed by atoms with van der Waals surface area (Å²) >= 11 is 0. The van der Waals surface area contributed by atoms with E-state index in [2.05, 4.69) is 15.4 Å². The Balaban J connectivity index is 1.26. The molecule has 4 aliphatic rings. The standard InChI is InChI=1S/C33H34FN5O9/c1-3-33(45)19-8-23-27-17(10-39(23)30(42)18(19)11-46-31(33)43)26-21(7-6-16-14(2)20(34)9-22(37-27)25(16)26)38-29(41)28(15-4-5-15)48-13-36-24(40)12-47-32(35)44/h8-9,15,21,28,45H,3-7,10-13H2,1-2H3,(H2,35,44)(H,36,40)(H,38,41)/t21-,28?,33-/m0/s1. The van der Waals surface area contributed by atoms with Crippen molar-refractivity contribution in [2.24, 2.45) is 11.7 Å². The van der Waals surface area contributed by atoms with Crippen LogP contribution < -0.4 is 21.9 Å². The lowest BCUT2D eigenvalue weighted by atomic mass is 9.81. The Morgan fingerprint density at radius 3 is 2.69 bits per heavy atom. The summed E-state index contributed by atoms with van der Waals surface area (Å²) < 4.78 is 32.2. The Labute approximate surface area is 272 Å². The van der Waals surface area contributed by atoms with Gasteiger partial charge in [-0.25, -0.2) is 19.0 Å². The third kappa shape index (κ3) is 5.08. The van der Waals surface area contributed by atoms with Crippen LogP contribution in [-0.4, -0.2) is 58.0 Å². The number of aromatic nitrogens is 2. The van der Waals surface area contributed by atoms with Crippen LogP contribution in [-0.2, 0) is 53.8 Å². The predicted octanol–water partition coefficient (Wildman–Crippen LogP) is 1.59. The van der Waals surface area contributed by atoms with E-state index in [1.165, 1.54) is 10.6 Å². The van der Waals surface area contributed by atoms with Crippen LogP contribution in [0.2, 0.25) is 0 Å². The molecule has 0 spiro atoms. The topological polar surface area (TPSA) is 201 Å². The van der Waals surface area contributed by atoms with Gasteiger partial charge in [-0.1, -0.05) is 6.92 Å². The first-order valence-electron chi connectivity index (χ1n) is 15.8. The van der Waals surface area contributed by atoms with Crippen molar-refractivity contribution in [3.63, 3.8) is 0 Å². The molecule has 0 saturated heterocycles. The van der Waals surface area contributed by atoms with Crippen LogP contribution in [0, 0.1) is 18.7 Å². The number of esters is 1. The third-order valence-electron chi connectivity index (χ3n) is 9.88. The second-order valence-corrected chi connectivity index (χ2v) is 12.7. The van der Waals surface area contributed by atoms with Crippen LogP contribution in [0.25, 0.3) is 22.3 Å². The number of benzene rings is 1. The largest absolute Gasteiger partial charge is 0.458 e. The van der Waals surface area contributed by atoms with Crippen molar-refractivity contribution in [3.05, 3.63) is 61.7 Å². The van der Waals surface area contributed by atoms with Gasteiger partial charge in [0.15, 0.2) is 12.2 Å². The second-order valence-electron chi connectivity index (χ2n) is 12.7. The fourth-order valence-electron chi connectivity index (χ4n) is 7.18. The molecule has 15 heteroatoms. The van der Waals surface area contributed by atoms with Crippen LogP contribution in [0.5, 0.6) is 0 Å². The normalized spacial score (nSPS) is 21.1. The molecule has 1 saturated carbocycles. The SMILES string of the molecule is CC[C@@]1(O)C(=O)OCc2c1cc1n(c2=O)Cc2c-1nc1cc(F)c(C)c3c1c2[C@@H](NC(=O)C(OCNC(=O)COC(N)=O)C1CC1)CC3. The van der Waals surface area contributed by atoms with Gasteiger partial charge in [-0.05, 0) is 67.7 Å². The van der Waals surface area contributed by atoms with Crippen molar-refractivity contribution < 1.29 is 42.9 Å². The van der Waals surface area contributed by atoms with Crippen molar-refractivity contribution in [1.82, 2.24) is 20.2 Å². The number of nitrogens with one attached hydrogen (secondary N) is 2. The number of fused-ring (bicyclic) bond motifs is 5. The van der Waals surface area contributed by atoms with E-state index in [0.717, 1.165) is 24.0 Å². The van der Waals surface area contributed by atoms with Gasteiger partial charge in [-0.3, -0.25) is 14.4 Å². The summed E-state index contributed by atoms with van der Waals surface area (Å²) in [6.07, 6.45) is 0.444. The first kappa shape index (κ1) is 31.7. The number of cyclic esters (lactones) is 1. The number of rotatable bonds is 9. The highest BCUT2D eigenvalue weighted by Gasteiger charge is 2.46. The van der Waals surface area contributed by atoms with Crippen molar-refractivity contribution in [1.29, 1.82) is 0 Å². The molecule has 14 nitrogen and oxygen atoms in total. The number of halogens is 1. The number of carbonyl (C=O) groups is 4. The minimum Gasteiger partial charge on any atom is -0.458 e. The number of primary amides is 1. The van der Waals surface area contributed by atoms with E-state index in [-0.39, 0.29) is 43.3 Å². The second kappa shape index (κ2) is 11.7. The number of hydrogen-bond donors (Lipinski definition) is 4. The van der Waals surface area contributed by atoms with E-state index >= 15 is 4.39 Å². The van der Waals surface area contributed by atoms with Crippen LogP contribution >= 0.6 is 0 Å². The lowest BCUT2D eigenvalue weighted by Crippen LogP contribution is -2.44. The van der Waals surface area contributed by atoms with Gasteiger partial charge in [0.25, 0.3) is 11.5 Å². The van der Waals surface area contributed by atoms with E-state index in [1.54, 1.807) is 19.9 Å². The lowest BCUT2D eigenvalue weighted by Gasteiger charge is -2.31. The Bertz CT molecular complexity index is 1990. The van der Waals surface area contributed by atoms with Crippen LogP contribution in [0.4, 0.5) is 9.18 Å². The smallest absolute Gasteiger partial charge is 0.405 e. The number of carbonyl (C=O) groups excluding carboxylic acids is 4. The summed E-state index contributed by atoms with van der Waals surface area (Å²) in [4.78, 5) is 67.8. The van der Waals surface area contributed by atoms with Crippen LogP contribution in [0.15, 0.2) is 16.9 Å². The van der Waals surface area contributed by atoms with Gasteiger partial charge in [0.05, 0.1) is 35.1 Å². The molecule has 3 amide bonds. The van der Waals surface area contributed by atoms with Crippen LogP contribution in [0.1, 0.15) is 72.0 Å². The molecule has 2 aliphatic heterocycles. The summed E-state index contributed by atoms with van der Waals surface area (Å²) in [5.41, 5.74) is 6.60. The number of aliphatic hydroxyl groups is 1. The minimum atomic E-state index is -2.00. The Morgan fingerprint density at radius 1 is 1.21 bits per heavy atom. The number of aryl methyl sites for hydroxylation is 1. The molecule has 3 aromatic rings. The minimum absolute atomic E-state index is 0.0119. The van der Waals surface area contributed by atoms with E-state index in [0.29, 0.717) is 46.3 Å². The maximum atomic E-state index is 15.2. The number of pyridine rings is 2. The number of hydrogen-bond acceptors (Lipinski definition) is 10. The van der Waals surface area contributed by atoms with Gasteiger partial charge in [-0.15, -0.1) is 0 Å². The average molecular weight is 664 g/mol. The van der Waals surface area contributed by atoms with Crippen molar-refractivity contribution in [2.45, 2.75) is 76.9 Å². The fraction of sp³-hybridized carbons (Fsp3) is 0.455. The predicted molar refractivity (Wildman–Crippen MR) is 165 cm³/mol. The summed E-state index contributed by atoms with van der Waals surface area (Å²) in [7, 11) is 0.